The lowest BCUT2D eigenvalue weighted by Gasteiger charge is -2.29. The smallest absolute Gasteiger partial charge is 0.255 e. The van der Waals surface area contributed by atoms with Crippen LogP contribution in [0.2, 0.25) is 5.02 Å². The zero-order valence-corrected chi connectivity index (χ0v) is 40.0. The van der Waals surface area contributed by atoms with Crippen molar-refractivity contribution in [1.82, 2.24) is 25.5 Å². The van der Waals surface area contributed by atoms with E-state index in [1.807, 2.05) is 0 Å². The van der Waals surface area contributed by atoms with E-state index in [2.05, 4.69) is 31.2 Å². The molecule has 4 aromatic carbocycles. The van der Waals surface area contributed by atoms with Crippen molar-refractivity contribution in [2.75, 3.05) is 70.0 Å². The number of ether oxygens (including phenoxy) is 4. The molecule has 20 heteroatoms. The predicted octanol–water partition coefficient (Wildman–Crippen LogP) is 6.93. The molecule has 1 atom stereocenters. The number of rotatable bonds is 24. The zero-order valence-electron chi connectivity index (χ0n) is 39.3. The minimum Gasteiger partial charge on any atom is -0.380 e. The Balaban J connectivity index is 0.634. The van der Waals surface area contributed by atoms with E-state index < -0.39 is 23.6 Å². The van der Waals surface area contributed by atoms with Gasteiger partial charge in [0.1, 0.15) is 17.7 Å². The third-order valence-corrected chi connectivity index (χ3v) is 12.3. The lowest BCUT2D eigenvalue weighted by atomic mass is 9.95. The van der Waals surface area contributed by atoms with E-state index in [1.165, 1.54) is 23.1 Å². The van der Waals surface area contributed by atoms with Gasteiger partial charge < -0.3 is 39.8 Å². The quantitative estimate of drug-likeness (QED) is 0.0367. The van der Waals surface area contributed by atoms with Gasteiger partial charge in [-0.1, -0.05) is 29.8 Å². The number of anilines is 3. The fourth-order valence-corrected chi connectivity index (χ4v) is 8.58. The average Bonchev–Trinajstić information content (AvgIpc) is 3.62. The number of nitrogens with one attached hydrogen (secondary N) is 4. The number of benzene rings is 4. The first-order valence-electron chi connectivity index (χ1n) is 23.7. The van der Waals surface area contributed by atoms with Gasteiger partial charge in [0.05, 0.1) is 69.6 Å². The van der Waals surface area contributed by atoms with Crippen LogP contribution in [0, 0.1) is 11.6 Å². The number of fused-ring (bicyclic) bond motifs is 4. The topological polar surface area (TPSA) is 212 Å². The van der Waals surface area contributed by atoms with Gasteiger partial charge >= 0.3 is 0 Å². The molecule has 8 rings (SSSR count). The minimum atomic E-state index is -0.737. The standard InChI is InChI=1S/C52H53ClF2N8O9/c53-34-12-15-36-38(28-34)48(46-40(54)7-5-8-41(46)55)57-29-33-30-58-52(62-47(33)36)59-35-13-10-32(11-14-35)49(66)56-19-23-69-20-2-1-3-21-70-24-26-72-27-25-71-22-18-45(65)60-42-9-4-6-37-39(42)31-63(51(37)68)43-16-17-44(64)61-50(43)67/h4-15,28,30,43H,1-3,16-27,29,31H2,(H,56,66)(H,60,65)(H,58,59,62)(H,61,64,67). The van der Waals surface area contributed by atoms with E-state index in [1.54, 1.807) is 66.9 Å². The normalized spacial score (nSPS) is 15.0. The summed E-state index contributed by atoms with van der Waals surface area (Å²) in [6.45, 7) is 3.84. The van der Waals surface area contributed by atoms with Crippen LogP contribution in [0.15, 0.2) is 90.1 Å². The number of aromatic nitrogens is 2. The summed E-state index contributed by atoms with van der Waals surface area (Å²) in [5.74, 6) is -2.86. The Kier molecular flexibility index (Phi) is 17.7. The summed E-state index contributed by atoms with van der Waals surface area (Å²) in [6.07, 6.45) is 4.79. The lowest BCUT2D eigenvalue weighted by molar-refractivity contribution is -0.137. The summed E-state index contributed by atoms with van der Waals surface area (Å²) < 4.78 is 52.3. The molecule has 0 radical (unpaired) electrons. The van der Waals surface area contributed by atoms with Gasteiger partial charge in [-0.25, -0.2) is 18.7 Å². The van der Waals surface area contributed by atoms with Crippen LogP contribution in [-0.4, -0.2) is 116 Å². The van der Waals surface area contributed by atoms with Gasteiger partial charge in [-0.2, -0.15) is 0 Å². The highest BCUT2D eigenvalue weighted by Crippen LogP contribution is 2.36. The molecule has 1 unspecified atom stereocenters. The summed E-state index contributed by atoms with van der Waals surface area (Å²) in [5, 5.41) is 11.5. The second-order valence-corrected chi connectivity index (χ2v) is 17.5. The molecule has 376 valence electrons. The molecule has 17 nitrogen and oxygen atoms in total. The molecule has 1 saturated heterocycles. The number of carbonyl (C=O) groups excluding carboxylic acids is 5. The van der Waals surface area contributed by atoms with E-state index in [4.69, 9.17) is 35.5 Å². The van der Waals surface area contributed by atoms with Gasteiger partial charge in [0.25, 0.3) is 11.8 Å². The van der Waals surface area contributed by atoms with E-state index >= 15 is 0 Å². The maximum atomic E-state index is 14.9. The van der Waals surface area contributed by atoms with E-state index in [9.17, 15) is 32.8 Å². The van der Waals surface area contributed by atoms with Crippen molar-refractivity contribution in [3.63, 3.8) is 0 Å². The molecule has 4 N–H and O–H groups in total. The molecule has 5 amide bonds. The van der Waals surface area contributed by atoms with Crippen LogP contribution in [0.3, 0.4) is 0 Å². The minimum absolute atomic E-state index is 0.0926. The van der Waals surface area contributed by atoms with Crippen LogP contribution in [0.5, 0.6) is 0 Å². The summed E-state index contributed by atoms with van der Waals surface area (Å²) in [4.78, 5) is 77.6. The van der Waals surface area contributed by atoms with E-state index in [0.717, 1.165) is 19.3 Å². The molecule has 0 saturated carbocycles. The Morgan fingerprint density at radius 2 is 1.50 bits per heavy atom. The van der Waals surface area contributed by atoms with Crippen molar-refractivity contribution in [2.45, 2.75) is 57.7 Å². The third-order valence-electron chi connectivity index (χ3n) is 12.0. The van der Waals surface area contributed by atoms with E-state index in [0.29, 0.717) is 108 Å². The van der Waals surface area contributed by atoms with Crippen LogP contribution < -0.4 is 21.3 Å². The number of hydrogen-bond acceptors (Lipinski definition) is 13. The Morgan fingerprint density at radius 3 is 2.25 bits per heavy atom. The van der Waals surface area contributed by atoms with Gasteiger partial charge in [-0.3, -0.25) is 34.3 Å². The molecular weight excluding hydrogens is 954 g/mol. The molecular formula is C52H53ClF2N8O9. The lowest BCUT2D eigenvalue weighted by Crippen LogP contribution is -2.52. The average molecular weight is 1010 g/mol. The summed E-state index contributed by atoms with van der Waals surface area (Å²) in [6, 6.07) is 19.9. The molecule has 3 aliphatic rings. The molecule has 3 aliphatic heterocycles. The van der Waals surface area contributed by atoms with Crippen LogP contribution in [0.4, 0.5) is 26.1 Å². The first-order valence-corrected chi connectivity index (χ1v) is 24.1. The number of imide groups is 1. The first-order chi connectivity index (χ1) is 35.0. The van der Waals surface area contributed by atoms with Crippen molar-refractivity contribution < 1.29 is 51.7 Å². The zero-order chi connectivity index (χ0) is 50.4. The third kappa shape index (κ3) is 13.1. The highest BCUT2D eigenvalue weighted by atomic mass is 35.5. The fraction of sp³-hybridized carbons (Fsp3) is 0.346. The van der Waals surface area contributed by atoms with Crippen LogP contribution in [0.25, 0.3) is 11.3 Å². The SMILES string of the molecule is O=C1CCC(N2Cc3c(NC(=O)CCOCCOCCOCCCCCOCCNC(=O)c4ccc(Nc5ncc6c(n5)-c5ccc(Cl)cc5C(c5c(F)cccc5F)=NC6)cc4)cccc3C2=O)C(=O)N1. The molecule has 1 aromatic heterocycles. The van der Waals surface area contributed by atoms with E-state index in [-0.39, 0.29) is 79.8 Å². The number of halogens is 3. The maximum Gasteiger partial charge on any atom is 0.255 e. The Labute approximate surface area is 419 Å². The van der Waals surface area contributed by atoms with Gasteiger partial charge in [-0.05, 0) is 86.3 Å². The molecule has 5 aromatic rings. The van der Waals surface area contributed by atoms with Crippen LogP contribution >= 0.6 is 11.6 Å². The van der Waals surface area contributed by atoms with Gasteiger partial charge in [0, 0.05) is 88.7 Å². The number of hydrogen-bond donors (Lipinski definition) is 4. The van der Waals surface area contributed by atoms with Crippen molar-refractivity contribution >= 4 is 64.2 Å². The number of nitrogens with zero attached hydrogens (tertiary/aromatic N) is 4. The Morgan fingerprint density at radius 1 is 0.792 bits per heavy atom. The monoisotopic (exact) mass is 1010 g/mol. The van der Waals surface area contributed by atoms with Gasteiger partial charge in [0.15, 0.2) is 0 Å². The number of piperidine rings is 1. The van der Waals surface area contributed by atoms with Crippen molar-refractivity contribution in [1.29, 1.82) is 0 Å². The first kappa shape index (κ1) is 51.3. The largest absolute Gasteiger partial charge is 0.380 e. The van der Waals surface area contributed by atoms with Crippen molar-refractivity contribution in [3.05, 3.63) is 135 Å². The molecule has 0 bridgehead atoms. The molecule has 0 spiro atoms. The fourth-order valence-electron chi connectivity index (χ4n) is 8.40. The van der Waals surface area contributed by atoms with Crippen molar-refractivity contribution in [3.8, 4) is 11.3 Å². The van der Waals surface area contributed by atoms with Crippen molar-refractivity contribution in [2.24, 2.45) is 4.99 Å². The summed E-state index contributed by atoms with van der Waals surface area (Å²) in [5.41, 5.74) is 4.81. The highest BCUT2D eigenvalue weighted by molar-refractivity contribution is 6.31. The molecule has 1 fully saturated rings. The summed E-state index contributed by atoms with van der Waals surface area (Å²) in [7, 11) is 0. The molecule has 4 heterocycles. The maximum absolute atomic E-state index is 14.9. The van der Waals surface area contributed by atoms with Gasteiger partial charge in [-0.15, -0.1) is 0 Å². The number of amides is 5. The Bertz CT molecular complexity index is 2810. The van der Waals surface area contributed by atoms with Crippen LogP contribution in [-0.2, 0) is 46.4 Å². The highest BCUT2D eigenvalue weighted by Gasteiger charge is 2.40. The number of unbranched alkanes of at least 4 members (excludes halogenated alkanes) is 2. The second kappa shape index (κ2) is 24.9. The van der Waals surface area contributed by atoms with Gasteiger partial charge in [0.2, 0.25) is 23.7 Å². The Hall–Kier alpha value is -7.03. The number of aliphatic imine (C=N–C) groups is 1. The molecule has 72 heavy (non-hydrogen) atoms. The second-order valence-electron chi connectivity index (χ2n) is 17.0. The number of carbonyl (C=O) groups is 5. The van der Waals surface area contributed by atoms with Crippen LogP contribution in [0.1, 0.15) is 81.5 Å². The molecule has 0 aliphatic carbocycles. The predicted molar refractivity (Wildman–Crippen MR) is 263 cm³/mol. The summed E-state index contributed by atoms with van der Waals surface area (Å²) >= 11 is 6.34.